The molecule has 1 atom stereocenters. The largest absolute Gasteiger partial charge is 0.416 e. The van der Waals surface area contributed by atoms with E-state index >= 15 is 0 Å². The van der Waals surface area contributed by atoms with Crippen LogP contribution in [0.3, 0.4) is 0 Å². The van der Waals surface area contributed by atoms with E-state index in [2.05, 4.69) is 10.2 Å². The van der Waals surface area contributed by atoms with E-state index in [-0.39, 0.29) is 30.5 Å². The number of carbonyl (C=O) groups is 1. The van der Waals surface area contributed by atoms with E-state index in [1.807, 2.05) is 37.4 Å². The highest BCUT2D eigenvalue weighted by atomic mass is 19.4. The van der Waals surface area contributed by atoms with Crippen molar-refractivity contribution in [2.24, 2.45) is 0 Å². The van der Waals surface area contributed by atoms with Gasteiger partial charge in [-0.2, -0.15) is 26.3 Å². The predicted octanol–water partition coefficient (Wildman–Crippen LogP) is 5.15. The molecule has 0 aromatic heterocycles. The first-order chi connectivity index (χ1) is 16.4. The molecule has 10 heteroatoms. The van der Waals surface area contributed by atoms with Crippen molar-refractivity contribution in [3.63, 3.8) is 0 Å². The van der Waals surface area contributed by atoms with Crippen LogP contribution < -0.4 is 5.32 Å². The van der Waals surface area contributed by atoms with Crippen LogP contribution >= 0.6 is 0 Å². The number of nitrogens with zero attached hydrogens (tertiary/aromatic N) is 2. The highest BCUT2D eigenvalue weighted by Gasteiger charge is 2.37. The molecule has 1 aliphatic heterocycles. The van der Waals surface area contributed by atoms with Gasteiger partial charge in [-0.25, -0.2) is 0 Å². The molecule has 1 saturated heterocycles. The van der Waals surface area contributed by atoms with Gasteiger partial charge in [-0.1, -0.05) is 30.3 Å². The summed E-state index contributed by atoms with van der Waals surface area (Å²) < 4.78 is 79.0. The van der Waals surface area contributed by atoms with Crippen LogP contribution in [0.25, 0.3) is 0 Å². The zero-order chi connectivity index (χ0) is 25.8. The summed E-state index contributed by atoms with van der Waals surface area (Å²) in [7, 11) is 3.42. The summed E-state index contributed by atoms with van der Waals surface area (Å²) in [5, 5.41) is 3.24. The van der Waals surface area contributed by atoms with Crippen molar-refractivity contribution in [1.29, 1.82) is 0 Å². The number of piperidine rings is 1. The molecule has 0 spiro atoms. The van der Waals surface area contributed by atoms with Gasteiger partial charge < -0.3 is 10.2 Å². The number of amides is 1. The first-order valence-electron chi connectivity index (χ1n) is 11.4. The first kappa shape index (κ1) is 27.0. The van der Waals surface area contributed by atoms with Gasteiger partial charge in [-0.3, -0.25) is 9.69 Å². The number of likely N-dealkylation sites (tertiary alicyclic amines) is 1. The average Bonchev–Trinajstić information content (AvgIpc) is 2.82. The van der Waals surface area contributed by atoms with Gasteiger partial charge in [0, 0.05) is 32.7 Å². The predicted molar refractivity (Wildman–Crippen MR) is 121 cm³/mol. The number of hydrogen-bond donors (Lipinski definition) is 1. The number of nitrogens with one attached hydrogen (secondary N) is 1. The quantitative estimate of drug-likeness (QED) is 0.533. The molecule has 1 amide bonds. The Bertz CT molecular complexity index is 953. The number of benzene rings is 2. The van der Waals surface area contributed by atoms with E-state index in [0.29, 0.717) is 31.3 Å². The maximum atomic E-state index is 13.5. The standard InChI is InChI=1S/C25H29F6N3O/c1-32-21-9-12-34(13-10-21)22(18-6-4-3-5-7-18)23(35)33(2)11-8-17-14-19(24(26,27)28)16-20(15-17)25(29,30)31/h3-7,14-16,21-22,32H,8-13H2,1-2H3. The van der Waals surface area contributed by atoms with E-state index in [9.17, 15) is 31.1 Å². The van der Waals surface area contributed by atoms with Gasteiger partial charge in [0.05, 0.1) is 11.1 Å². The smallest absolute Gasteiger partial charge is 0.344 e. The van der Waals surface area contributed by atoms with Crippen LogP contribution in [0.15, 0.2) is 48.5 Å². The monoisotopic (exact) mass is 501 g/mol. The number of likely N-dealkylation sites (N-methyl/N-ethyl adjacent to an activating group) is 1. The van der Waals surface area contributed by atoms with Gasteiger partial charge in [-0.15, -0.1) is 0 Å². The van der Waals surface area contributed by atoms with Crippen LogP contribution in [0.2, 0.25) is 0 Å². The van der Waals surface area contributed by atoms with Crippen molar-refractivity contribution < 1.29 is 31.1 Å². The summed E-state index contributed by atoms with van der Waals surface area (Å²) in [5.41, 5.74) is -2.04. The SMILES string of the molecule is CNC1CCN(C(C(=O)N(C)CCc2cc(C(F)(F)F)cc(C(F)(F)F)c2)c2ccccc2)CC1. The number of hydrogen-bond acceptors (Lipinski definition) is 3. The first-order valence-corrected chi connectivity index (χ1v) is 11.4. The second-order valence-electron chi connectivity index (χ2n) is 8.84. The third kappa shape index (κ3) is 6.98. The third-order valence-corrected chi connectivity index (χ3v) is 6.41. The molecule has 1 heterocycles. The molecular weight excluding hydrogens is 472 g/mol. The van der Waals surface area contributed by atoms with E-state index in [0.717, 1.165) is 18.4 Å². The molecule has 0 radical (unpaired) electrons. The summed E-state index contributed by atoms with van der Waals surface area (Å²) in [6.45, 7) is 1.36. The molecule has 192 valence electrons. The minimum absolute atomic E-state index is 0.0201. The normalized spacial score (nSPS) is 16.8. The molecule has 0 saturated carbocycles. The van der Waals surface area contributed by atoms with Gasteiger partial charge in [0.25, 0.3) is 0 Å². The summed E-state index contributed by atoms with van der Waals surface area (Å²) in [4.78, 5) is 16.9. The van der Waals surface area contributed by atoms with Crippen LogP contribution in [-0.2, 0) is 23.6 Å². The molecule has 0 aliphatic carbocycles. The fourth-order valence-corrected chi connectivity index (χ4v) is 4.37. The Balaban J connectivity index is 1.79. The Kier molecular flexibility index (Phi) is 8.48. The van der Waals surface area contributed by atoms with Crippen LogP contribution in [0.4, 0.5) is 26.3 Å². The molecule has 4 nitrogen and oxygen atoms in total. The Morgan fingerprint density at radius 2 is 1.54 bits per heavy atom. The van der Waals surface area contributed by atoms with Crippen LogP contribution in [0, 0.1) is 0 Å². The lowest BCUT2D eigenvalue weighted by atomic mass is 9.98. The molecule has 1 unspecified atom stereocenters. The molecule has 1 fully saturated rings. The summed E-state index contributed by atoms with van der Waals surface area (Å²) in [6, 6.07) is 10.5. The molecule has 1 N–H and O–H groups in total. The van der Waals surface area contributed by atoms with Gasteiger partial charge in [0.2, 0.25) is 5.91 Å². The summed E-state index contributed by atoms with van der Waals surface area (Å²) in [6.07, 6.45) is -8.23. The number of rotatable bonds is 7. The van der Waals surface area contributed by atoms with Crippen molar-refractivity contribution in [1.82, 2.24) is 15.1 Å². The van der Waals surface area contributed by atoms with E-state index in [1.54, 1.807) is 0 Å². The molecule has 3 rings (SSSR count). The minimum Gasteiger partial charge on any atom is -0.344 e. The third-order valence-electron chi connectivity index (χ3n) is 6.41. The molecular formula is C25H29F6N3O. The van der Waals surface area contributed by atoms with Crippen molar-refractivity contribution in [3.8, 4) is 0 Å². The van der Waals surface area contributed by atoms with Gasteiger partial charge >= 0.3 is 12.4 Å². The Morgan fingerprint density at radius 3 is 2.03 bits per heavy atom. The zero-order valence-corrected chi connectivity index (χ0v) is 19.6. The number of alkyl halides is 6. The summed E-state index contributed by atoms with van der Waals surface area (Å²) >= 11 is 0. The highest BCUT2D eigenvalue weighted by molar-refractivity contribution is 5.83. The molecule has 0 bridgehead atoms. The minimum atomic E-state index is -4.91. The van der Waals surface area contributed by atoms with Crippen LogP contribution in [-0.4, -0.2) is 55.5 Å². The van der Waals surface area contributed by atoms with E-state index < -0.39 is 29.5 Å². The van der Waals surface area contributed by atoms with Crippen molar-refractivity contribution >= 4 is 5.91 Å². The lowest BCUT2D eigenvalue weighted by Crippen LogP contribution is -2.48. The second-order valence-corrected chi connectivity index (χ2v) is 8.84. The van der Waals surface area contributed by atoms with Gasteiger partial charge in [-0.05, 0) is 55.6 Å². The fourth-order valence-electron chi connectivity index (χ4n) is 4.37. The molecule has 2 aromatic rings. The van der Waals surface area contributed by atoms with Crippen LogP contribution in [0.5, 0.6) is 0 Å². The summed E-state index contributed by atoms with van der Waals surface area (Å²) in [5.74, 6) is -0.248. The lowest BCUT2D eigenvalue weighted by Gasteiger charge is -2.38. The topological polar surface area (TPSA) is 35.6 Å². The van der Waals surface area contributed by atoms with Gasteiger partial charge in [0.1, 0.15) is 6.04 Å². The molecule has 1 aliphatic rings. The van der Waals surface area contributed by atoms with Crippen molar-refractivity contribution in [2.45, 2.75) is 43.7 Å². The fraction of sp³-hybridized carbons (Fsp3) is 0.480. The van der Waals surface area contributed by atoms with Crippen molar-refractivity contribution in [3.05, 3.63) is 70.8 Å². The lowest BCUT2D eigenvalue weighted by molar-refractivity contribution is -0.143. The molecule has 2 aromatic carbocycles. The van der Waals surface area contributed by atoms with Crippen molar-refractivity contribution in [2.75, 3.05) is 33.7 Å². The Morgan fingerprint density at radius 1 is 1.00 bits per heavy atom. The molecule has 35 heavy (non-hydrogen) atoms. The van der Waals surface area contributed by atoms with E-state index in [4.69, 9.17) is 0 Å². The van der Waals surface area contributed by atoms with Crippen LogP contribution in [0.1, 0.15) is 41.1 Å². The number of carbonyl (C=O) groups excluding carboxylic acids is 1. The maximum Gasteiger partial charge on any atom is 0.416 e. The maximum absolute atomic E-state index is 13.5. The Hall–Kier alpha value is -2.59. The average molecular weight is 502 g/mol. The Labute approximate surface area is 200 Å². The zero-order valence-electron chi connectivity index (χ0n) is 19.6. The highest BCUT2D eigenvalue weighted by Crippen LogP contribution is 2.36. The second kappa shape index (κ2) is 11.0. The van der Waals surface area contributed by atoms with E-state index in [1.165, 1.54) is 11.9 Å². The number of halogens is 6. The van der Waals surface area contributed by atoms with Gasteiger partial charge in [0.15, 0.2) is 0 Å².